The van der Waals surface area contributed by atoms with Crippen LogP contribution in [-0.4, -0.2) is 21.0 Å². The van der Waals surface area contributed by atoms with Crippen LogP contribution in [0, 0.1) is 0 Å². The van der Waals surface area contributed by atoms with E-state index >= 15 is 0 Å². The largest absolute Gasteiger partial charge is 0.462 e. The lowest BCUT2D eigenvalue weighted by Gasteiger charge is -2.06. The average molecular weight is 365 g/mol. The maximum Gasteiger partial charge on any atom is 0.338 e. The Morgan fingerprint density at radius 1 is 1.08 bits per heavy atom. The summed E-state index contributed by atoms with van der Waals surface area (Å²) in [5.41, 5.74) is 2.59. The van der Waals surface area contributed by atoms with Crippen molar-refractivity contribution in [3.8, 4) is 0 Å². The minimum Gasteiger partial charge on any atom is -0.462 e. The summed E-state index contributed by atoms with van der Waals surface area (Å²) in [6, 6.07) is 13.9. The summed E-state index contributed by atoms with van der Waals surface area (Å²) >= 11 is 1.67. The Hall–Kier alpha value is -1.83. The molecule has 0 atom stereocenters. The Labute approximate surface area is 146 Å². The summed E-state index contributed by atoms with van der Waals surface area (Å²) in [6.45, 7) is 2.13. The van der Waals surface area contributed by atoms with Gasteiger partial charge in [-0.05, 0) is 42.3 Å². The molecule has 0 radical (unpaired) electrons. The van der Waals surface area contributed by atoms with Crippen LogP contribution in [0.5, 0.6) is 0 Å². The highest BCUT2D eigenvalue weighted by atomic mass is 32.2. The first-order valence-corrected chi connectivity index (χ1v) is 10.1. The fourth-order valence-corrected chi connectivity index (χ4v) is 3.53. The van der Waals surface area contributed by atoms with Crippen molar-refractivity contribution in [2.24, 2.45) is 5.14 Å². The summed E-state index contributed by atoms with van der Waals surface area (Å²) in [5.74, 6) is 1.15. The number of thioether (sulfide) groups is 1. The Morgan fingerprint density at radius 2 is 1.75 bits per heavy atom. The number of primary sulfonamides is 1. The molecule has 0 unspecified atom stereocenters. The normalized spacial score (nSPS) is 11.2. The summed E-state index contributed by atoms with van der Waals surface area (Å²) < 4.78 is 27.4. The van der Waals surface area contributed by atoms with Gasteiger partial charge in [-0.15, -0.1) is 0 Å². The number of rotatable bonds is 7. The molecule has 2 N–H and O–H groups in total. The van der Waals surface area contributed by atoms with Crippen LogP contribution in [0.25, 0.3) is 0 Å². The molecule has 0 aliphatic rings. The number of sulfonamides is 1. The van der Waals surface area contributed by atoms with Crippen molar-refractivity contribution in [2.75, 3.05) is 6.61 Å². The molecule has 2 aromatic carbocycles. The zero-order chi connectivity index (χ0) is 17.6. The first-order valence-electron chi connectivity index (χ1n) is 7.35. The summed E-state index contributed by atoms with van der Waals surface area (Å²) in [7, 11) is -3.65. The summed E-state index contributed by atoms with van der Waals surface area (Å²) in [5, 5.41) is 5.07. The van der Waals surface area contributed by atoms with Crippen LogP contribution in [0.3, 0.4) is 0 Å². The molecule has 2 rings (SSSR count). The van der Waals surface area contributed by atoms with Crippen LogP contribution in [0.15, 0.2) is 53.4 Å². The number of benzene rings is 2. The van der Waals surface area contributed by atoms with Crippen LogP contribution < -0.4 is 5.14 Å². The lowest BCUT2D eigenvalue weighted by atomic mass is 10.1. The first-order chi connectivity index (χ1) is 11.4. The molecule has 2 aromatic rings. The topological polar surface area (TPSA) is 86.5 Å². The first kappa shape index (κ1) is 18.5. The van der Waals surface area contributed by atoms with E-state index in [0.717, 1.165) is 22.6 Å². The van der Waals surface area contributed by atoms with Gasteiger partial charge >= 0.3 is 5.97 Å². The molecule has 0 amide bonds. The molecule has 7 heteroatoms. The molecule has 24 heavy (non-hydrogen) atoms. The lowest BCUT2D eigenvalue weighted by molar-refractivity contribution is 0.0526. The van der Waals surface area contributed by atoms with Gasteiger partial charge in [-0.2, -0.15) is 11.8 Å². The molecular weight excluding hydrogens is 346 g/mol. The zero-order valence-electron chi connectivity index (χ0n) is 13.3. The van der Waals surface area contributed by atoms with E-state index in [0.29, 0.717) is 12.2 Å². The molecule has 0 fully saturated rings. The third kappa shape index (κ3) is 5.36. The van der Waals surface area contributed by atoms with Crippen LogP contribution in [-0.2, 0) is 26.3 Å². The van der Waals surface area contributed by atoms with Gasteiger partial charge in [0.1, 0.15) is 0 Å². The Bertz CT molecular complexity index is 802. The minimum atomic E-state index is -3.65. The van der Waals surface area contributed by atoms with Gasteiger partial charge in [0.15, 0.2) is 0 Å². The fraction of sp³-hybridized carbons (Fsp3) is 0.235. The molecule has 0 aliphatic heterocycles. The van der Waals surface area contributed by atoms with E-state index in [2.05, 4.69) is 0 Å². The Morgan fingerprint density at radius 3 is 2.38 bits per heavy atom. The highest BCUT2D eigenvalue weighted by Crippen LogP contribution is 2.20. The van der Waals surface area contributed by atoms with Gasteiger partial charge in [0.05, 0.1) is 17.1 Å². The third-order valence-corrected chi connectivity index (χ3v) is 5.23. The van der Waals surface area contributed by atoms with E-state index in [1.807, 2.05) is 18.2 Å². The standard InChI is InChI=1S/C17H19NO4S2/c1-2-22-17(19)15-5-3-4-14(10-15)12-23-11-13-6-8-16(9-7-13)24(18,20)21/h3-10H,2,11-12H2,1H3,(H2,18,20,21). The van der Waals surface area contributed by atoms with Gasteiger partial charge in [0, 0.05) is 11.5 Å². The van der Waals surface area contributed by atoms with Crippen molar-refractivity contribution in [3.05, 3.63) is 65.2 Å². The quantitative estimate of drug-likeness (QED) is 0.762. The van der Waals surface area contributed by atoms with Gasteiger partial charge in [0.2, 0.25) is 10.0 Å². The summed E-state index contributed by atoms with van der Waals surface area (Å²) in [6.07, 6.45) is 0. The van der Waals surface area contributed by atoms with E-state index < -0.39 is 10.0 Å². The number of ether oxygens (including phenoxy) is 1. The average Bonchev–Trinajstić information content (AvgIpc) is 2.55. The molecule has 0 bridgehead atoms. The van der Waals surface area contributed by atoms with Crippen molar-refractivity contribution >= 4 is 27.8 Å². The number of hydrogen-bond donors (Lipinski definition) is 1. The van der Waals surface area contributed by atoms with Gasteiger partial charge in [-0.1, -0.05) is 24.3 Å². The van der Waals surface area contributed by atoms with Crippen molar-refractivity contribution in [3.63, 3.8) is 0 Å². The second kappa shape index (κ2) is 8.32. The fourth-order valence-electron chi connectivity index (χ4n) is 2.06. The van der Waals surface area contributed by atoms with Crippen LogP contribution in [0.4, 0.5) is 0 Å². The van der Waals surface area contributed by atoms with E-state index in [-0.39, 0.29) is 10.9 Å². The van der Waals surface area contributed by atoms with Crippen LogP contribution >= 0.6 is 11.8 Å². The van der Waals surface area contributed by atoms with E-state index in [1.165, 1.54) is 12.1 Å². The highest BCUT2D eigenvalue weighted by Gasteiger charge is 2.08. The molecule has 0 aromatic heterocycles. The molecule has 0 saturated carbocycles. The number of esters is 1. The predicted octanol–water partition coefficient (Wildman–Crippen LogP) is 2.94. The zero-order valence-corrected chi connectivity index (χ0v) is 14.9. The van der Waals surface area contributed by atoms with Gasteiger partial charge in [0.25, 0.3) is 0 Å². The Balaban J connectivity index is 1.92. The maximum absolute atomic E-state index is 11.7. The third-order valence-electron chi connectivity index (χ3n) is 3.23. The van der Waals surface area contributed by atoms with Crippen LogP contribution in [0.2, 0.25) is 0 Å². The monoisotopic (exact) mass is 365 g/mol. The van der Waals surface area contributed by atoms with Gasteiger partial charge < -0.3 is 4.74 Å². The molecule has 0 aliphatic carbocycles. The maximum atomic E-state index is 11.7. The van der Waals surface area contributed by atoms with Crippen LogP contribution in [0.1, 0.15) is 28.4 Å². The lowest BCUT2D eigenvalue weighted by Crippen LogP contribution is -2.11. The second-order valence-corrected chi connectivity index (χ2v) is 7.65. The second-order valence-electron chi connectivity index (χ2n) is 5.10. The minimum absolute atomic E-state index is 0.110. The van der Waals surface area contributed by atoms with Gasteiger partial charge in [-0.3, -0.25) is 0 Å². The van der Waals surface area contributed by atoms with E-state index in [9.17, 15) is 13.2 Å². The Kier molecular flexibility index (Phi) is 6.42. The van der Waals surface area contributed by atoms with Crippen molar-refractivity contribution in [1.82, 2.24) is 0 Å². The molecular formula is C17H19NO4S2. The highest BCUT2D eigenvalue weighted by molar-refractivity contribution is 7.97. The molecule has 128 valence electrons. The summed E-state index contributed by atoms with van der Waals surface area (Å²) in [4.78, 5) is 11.8. The molecule has 5 nitrogen and oxygen atoms in total. The molecule has 0 heterocycles. The van der Waals surface area contributed by atoms with Gasteiger partial charge in [-0.25, -0.2) is 18.4 Å². The SMILES string of the molecule is CCOC(=O)c1cccc(CSCc2ccc(S(N)(=O)=O)cc2)c1. The molecule has 0 spiro atoms. The van der Waals surface area contributed by atoms with E-state index in [4.69, 9.17) is 9.88 Å². The van der Waals surface area contributed by atoms with E-state index in [1.54, 1.807) is 36.9 Å². The van der Waals surface area contributed by atoms with Crippen molar-refractivity contribution in [1.29, 1.82) is 0 Å². The predicted molar refractivity (Wildman–Crippen MR) is 95.2 cm³/mol. The smallest absolute Gasteiger partial charge is 0.338 e. The number of hydrogen-bond acceptors (Lipinski definition) is 5. The number of carbonyl (C=O) groups excluding carboxylic acids is 1. The number of carbonyl (C=O) groups is 1. The number of nitrogens with two attached hydrogens (primary N) is 1. The van der Waals surface area contributed by atoms with Crippen molar-refractivity contribution < 1.29 is 17.9 Å². The van der Waals surface area contributed by atoms with Crippen molar-refractivity contribution in [2.45, 2.75) is 23.3 Å². The molecule has 0 saturated heterocycles.